The standard InChI is InChI=1S/C17H11Br2N3O6/c1-27-13-6-11(22(25)26)3-9(15(13)23)7-20-21-17(24)14-4-8-2-10(18)5-12(19)16(8)28-14/h2-7,23H,1H3,(H,21,24)/b20-7-. The fourth-order valence-corrected chi connectivity index (χ4v) is 3.72. The van der Waals surface area contributed by atoms with Gasteiger partial charge in [-0.15, -0.1) is 0 Å². The molecule has 1 heterocycles. The molecule has 3 aromatic rings. The van der Waals surface area contributed by atoms with Gasteiger partial charge < -0.3 is 14.3 Å². The summed E-state index contributed by atoms with van der Waals surface area (Å²) in [6.07, 6.45) is 1.07. The fourth-order valence-electron chi connectivity index (χ4n) is 2.38. The van der Waals surface area contributed by atoms with Crippen LogP contribution in [0.25, 0.3) is 11.0 Å². The Labute approximate surface area is 174 Å². The predicted octanol–water partition coefficient (Wildman–Crippen LogP) is 4.34. The van der Waals surface area contributed by atoms with E-state index in [2.05, 4.69) is 42.4 Å². The number of carbonyl (C=O) groups excluding carboxylic acids is 1. The number of carbonyl (C=O) groups is 1. The van der Waals surface area contributed by atoms with Crippen LogP contribution in [0.4, 0.5) is 5.69 Å². The van der Waals surface area contributed by atoms with Crippen molar-refractivity contribution in [2.75, 3.05) is 7.11 Å². The molecule has 2 N–H and O–H groups in total. The average molecular weight is 513 g/mol. The maximum absolute atomic E-state index is 12.2. The van der Waals surface area contributed by atoms with Crippen LogP contribution in [0.15, 0.2) is 48.8 Å². The van der Waals surface area contributed by atoms with Crippen LogP contribution in [-0.4, -0.2) is 29.3 Å². The van der Waals surface area contributed by atoms with Gasteiger partial charge in [-0.1, -0.05) is 15.9 Å². The molecule has 11 heteroatoms. The lowest BCUT2D eigenvalue weighted by molar-refractivity contribution is -0.385. The number of hydrogen-bond acceptors (Lipinski definition) is 7. The van der Waals surface area contributed by atoms with Gasteiger partial charge in [0.25, 0.3) is 5.69 Å². The monoisotopic (exact) mass is 511 g/mol. The van der Waals surface area contributed by atoms with Gasteiger partial charge in [-0.25, -0.2) is 5.43 Å². The summed E-state index contributed by atoms with van der Waals surface area (Å²) in [6, 6.07) is 7.30. The third kappa shape index (κ3) is 3.99. The smallest absolute Gasteiger partial charge is 0.307 e. The van der Waals surface area contributed by atoms with Gasteiger partial charge in [-0.2, -0.15) is 5.10 Å². The molecule has 0 spiro atoms. The SMILES string of the molecule is COc1cc([N+](=O)[O-])cc(/C=N\NC(=O)c2cc3cc(Br)cc(Br)c3o2)c1O. The van der Waals surface area contributed by atoms with Crippen LogP contribution >= 0.6 is 31.9 Å². The number of phenols is 1. The van der Waals surface area contributed by atoms with E-state index >= 15 is 0 Å². The second-order valence-electron chi connectivity index (χ2n) is 5.46. The Morgan fingerprint density at radius 1 is 1.32 bits per heavy atom. The molecule has 28 heavy (non-hydrogen) atoms. The first-order valence-corrected chi connectivity index (χ1v) is 9.16. The molecule has 0 radical (unpaired) electrons. The first-order chi connectivity index (χ1) is 13.3. The Balaban J connectivity index is 1.83. The highest BCUT2D eigenvalue weighted by Gasteiger charge is 2.17. The largest absolute Gasteiger partial charge is 0.504 e. The molecule has 0 saturated heterocycles. The maximum atomic E-state index is 12.2. The quantitative estimate of drug-likeness (QED) is 0.297. The number of benzene rings is 2. The molecular formula is C17H11Br2N3O6. The van der Waals surface area contributed by atoms with Crippen molar-refractivity contribution in [3.8, 4) is 11.5 Å². The van der Waals surface area contributed by atoms with Crippen LogP contribution in [0.1, 0.15) is 16.1 Å². The number of amides is 1. The summed E-state index contributed by atoms with van der Waals surface area (Å²) in [7, 11) is 1.26. The van der Waals surface area contributed by atoms with Crippen LogP contribution in [-0.2, 0) is 0 Å². The van der Waals surface area contributed by atoms with Crippen LogP contribution in [0, 0.1) is 10.1 Å². The van der Waals surface area contributed by atoms with Crippen molar-refractivity contribution in [1.82, 2.24) is 5.43 Å². The summed E-state index contributed by atoms with van der Waals surface area (Å²) in [5.74, 6) is -1.04. The van der Waals surface area contributed by atoms with Crippen LogP contribution in [0.2, 0.25) is 0 Å². The molecule has 0 fully saturated rings. The zero-order chi connectivity index (χ0) is 20.4. The molecule has 3 rings (SSSR count). The zero-order valence-corrected chi connectivity index (χ0v) is 17.3. The number of hydrogen-bond donors (Lipinski definition) is 2. The molecule has 1 amide bonds. The number of hydrazone groups is 1. The van der Waals surface area contributed by atoms with E-state index in [1.807, 2.05) is 0 Å². The fraction of sp³-hybridized carbons (Fsp3) is 0.0588. The molecule has 9 nitrogen and oxygen atoms in total. The predicted molar refractivity (Wildman–Crippen MR) is 108 cm³/mol. The highest BCUT2D eigenvalue weighted by molar-refractivity contribution is 9.11. The number of rotatable bonds is 5. The first-order valence-electron chi connectivity index (χ1n) is 7.57. The summed E-state index contributed by atoms with van der Waals surface area (Å²) < 4.78 is 11.9. The van der Waals surface area contributed by atoms with Gasteiger partial charge in [0.05, 0.1) is 28.8 Å². The van der Waals surface area contributed by atoms with E-state index in [4.69, 9.17) is 9.15 Å². The zero-order valence-electron chi connectivity index (χ0n) is 14.1. The number of methoxy groups -OCH3 is 1. The molecule has 0 saturated carbocycles. The number of fused-ring (bicyclic) bond motifs is 1. The minimum Gasteiger partial charge on any atom is -0.504 e. The highest BCUT2D eigenvalue weighted by atomic mass is 79.9. The second-order valence-corrected chi connectivity index (χ2v) is 7.23. The average Bonchev–Trinajstić information content (AvgIpc) is 3.07. The minimum atomic E-state index is -0.637. The van der Waals surface area contributed by atoms with Gasteiger partial charge in [0.15, 0.2) is 17.3 Å². The van der Waals surface area contributed by atoms with Crippen molar-refractivity contribution in [1.29, 1.82) is 0 Å². The number of aromatic hydroxyl groups is 1. The molecule has 0 aliphatic heterocycles. The van der Waals surface area contributed by atoms with Gasteiger partial charge in [0, 0.05) is 21.5 Å². The normalized spacial score (nSPS) is 11.1. The lowest BCUT2D eigenvalue weighted by atomic mass is 10.2. The van der Waals surface area contributed by atoms with Gasteiger partial charge in [0.2, 0.25) is 0 Å². The van der Waals surface area contributed by atoms with E-state index in [1.54, 1.807) is 18.2 Å². The molecular weight excluding hydrogens is 502 g/mol. The van der Waals surface area contributed by atoms with Crippen molar-refractivity contribution in [2.45, 2.75) is 0 Å². The van der Waals surface area contributed by atoms with E-state index < -0.39 is 10.8 Å². The lowest BCUT2D eigenvalue weighted by Gasteiger charge is -2.05. The van der Waals surface area contributed by atoms with Gasteiger partial charge in [-0.05, 0) is 34.1 Å². The Kier molecular flexibility index (Phi) is 5.66. The van der Waals surface area contributed by atoms with E-state index in [1.165, 1.54) is 7.11 Å². The maximum Gasteiger partial charge on any atom is 0.307 e. The summed E-state index contributed by atoms with van der Waals surface area (Å²) in [5, 5.41) is 25.4. The molecule has 0 bridgehead atoms. The van der Waals surface area contributed by atoms with Crippen LogP contribution in [0.5, 0.6) is 11.5 Å². The van der Waals surface area contributed by atoms with Crippen LogP contribution < -0.4 is 10.2 Å². The lowest BCUT2D eigenvalue weighted by Crippen LogP contribution is -2.16. The van der Waals surface area contributed by atoms with Crippen molar-refractivity contribution >= 4 is 60.6 Å². The Morgan fingerprint density at radius 3 is 2.75 bits per heavy atom. The minimum absolute atomic E-state index is 0.00244. The van der Waals surface area contributed by atoms with Crippen molar-refractivity contribution in [3.05, 3.63) is 60.7 Å². The van der Waals surface area contributed by atoms with Crippen molar-refractivity contribution in [2.24, 2.45) is 5.10 Å². The third-order valence-corrected chi connectivity index (χ3v) is 4.70. The molecule has 0 atom stereocenters. The number of halogens is 2. The summed E-state index contributed by atoms with van der Waals surface area (Å²) in [4.78, 5) is 22.6. The van der Waals surface area contributed by atoms with E-state index in [0.29, 0.717) is 15.4 Å². The van der Waals surface area contributed by atoms with Crippen molar-refractivity contribution < 1.29 is 24.0 Å². The van der Waals surface area contributed by atoms with Gasteiger partial charge in [0.1, 0.15) is 5.58 Å². The number of nitro groups is 1. The molecule has 2 aromatic carbocycles. The Morgan fingerprint density at radius 2 is 2.07 bits per heavy atom. The van der Waals surface area contributed by atoms with E-state index in [9.17, 15) is 20.0 Å². The second kappa shape index (κ2) is 7.98. The highest BCUT2D eigenvalue weighted by Crippen LogP contribution is 2.33. The molecule has 0 aliphatic carbocycles. The third-order valence-electron chi connectivity index (χ3n) is 3.65. The number of nitro benzene ring substituents is 1. The number of non-ortho nitro benzene ring substituents is 1. The van der Waals surface area contributed by atoms with Gasteiger partial charge >= 0.3 is 5.91 Å². The van der Waals surface area contributed by atoms with Gasteiger partial charge in [-0.3, -0.25) is 14.9 Å². The number of furan rings is 1. The Bertz CT molecular complexity index is 1130. The summed E-state index contributed by atoms with van der Waals surface area (Å²) in [6.45, 7) is 0. The molecule has 1 aromatic heterocycles. The first kappa shape index (κ1) is 19.8. The number of ether oxygens (including phenoxy) is 1. The Hall–Kier alpha value is -2.92. The summed E-state index contributed by atoms with van der Waals surface area (Å²) >= 11 is 6.71. The van der Waals surface area contributed by atoms with Crippen molar-refractivity contribution in [3.63, 3.8) is 0 Å². The topological polar surface area (TPSA) is 127 Å². The summed E-state index contributed by atoms with van der Waals surface area (Å²) in [5.41, 5.74) is 2.45. The van der Waals surface area contributed by atoms with Crippen LogP contribution in [0.3, 0.4) is 0 Å². The number of nitrogens with zero attached hydrogens (tertiary/aromatic N) is 2. The van der Waals surface area contributed by atoms with E-state index in [0.717, 1.165) is 22.8 Å². The van der Waals surface area contributed by atoms with E-state index in [-0.39, 0.29) is 28.5 Å². The molecule has 144 valence electrons. The molecule has 0 aliphatic rings. The molecule has 0 unspecified atom stereocenters. The number of nitrogens with one attached hydrogen (secondary N) is 1. The number of phenolic OH excluding ortho intramolecular Hbond substituents is 1.